The van der Waals surface area contributed by atoms with E-state index in [0.29, 0.717) is 6.54 Å². The molecule has 0 saturated heterocycles. The van der Waals surface area contributed by atoms with Crippen LogP contribution in [0.5, 0.6) is 0 Å². The number of allylic oxidation sites excluding steroid dienone is 3. The number of carbonyl (C=O) groups is 1. The van der Waals surface area contributed by atoms with Gasteiger partial charge in [-0.2, -0.15) is 0 Å². The van der Waals surface area contributed by atoms with Crippen molar-refractivity contribution in [3.05, 3.63) is 36.5 Å². The van der Waals surface area contributed by atoms with E-state index in [2.05, 4.69) is 11.9 Å². The number of ether oxygens (including phenoxy) is 1. The van der Waals surface area contributed by atoms with E-state index in [9.17, 15) is 4.79 Å². The van der Waals surface area contributed by atoms with Crippen molar-refractivity contribution in [1.82, 2.24) is 5.32 Å². The van der Waals surface area contributed by atoms with Crippen molar-refractivity contribution in [2.45, 2.75) is 33.3 Å². The van der Waals surface area contributed by atoms with Crippen LogP contribution in [-0.2, 0) is 4.74 Å². The SMILES string of the molecule is C=C/C=C\C(=C/C)CNC(=O)OC(C)(C)C. The molecular formula is C13H21NO2. The average Bonchev–Trinajstić information content (AvgIpc) is 2.15. The lowest BCUT2D eigenvalue weighted by atomic mass is 10.2. The highest BCUT2D eigenvalue weighted by Gasteiger charge is 2.15. The molecule has 0 aromatic heterocycles. The third-order valence-electron chi connectivity index (χ3n) is 1.65. The molecule has 0 aromatic rings. The summed E-state index contributed by atoms with van der Waals surface area (Å²) < 4.78 is 5.12. The Morgan fingerprint density at radius 3 is 2.50 bits per heavy atom. The third kappa shape index (κ3) is 7.85. The largest absolute Gasteiger partial charge is 0.444 e. The van der Waals surface area contributed by atoms with Gasteiger partial charge in [-0.3, -0.25) is 0 Å². The van der Waals surface area contributed by atoms with E-state index in [1.54, 1.807) is 6.08 Å². The molecule has 0 fully saturated rings. The molecule has 3 nitrogen and oxygen atoms in total. The van der Waals surface area contributed by atoms with Gasteiger partial charge in [-0.1, -0.05) is 30.9 Å². The summed E-state index contributed by atoms with van der Waals surface area (Å²) in [4.78, 5) is 11.3. The summed E-state index contributed by atoms with van der Waals surface area (Å²) in [6.45, 7) is 11.5. The summed E-state index contributed by atoms with van der Waals surface area (Å²) in [6, 6.07) is 0. The molecule has 0 rings (SSSR count). The van der Waals surface area contributed by atoms with Crippen LogP contribution in [0.3, 0.4) is 0 Å². The highest BCUT2D eigenvalue weighted by Crippen LogP contribution is 2.06. The normalized spacial score (nSPS) is 12.6. The van der Waals surface area contributed by atoms with Crippen molar-refractivity contribution in [2.75, 3.05) is 6.54 Å². The molecule has 0 heterocycles. The van der Waals surface area contributed by atoms with E-state index in [-0.39, 0.29) is 0 Å². The number of amides is 1. The minimum Gasteiger partial charge on any atom is -0.444 e. The molecule has 90 valence electrons. The van der Waals surface area contributed by atoms with Gasteiger partial charge in [0.1, 0.15) is 5.60 Å². The Morgan fingerprint density at radius 1 is 1.44 bits per heavy atom. The molecule has 0 atom stereocenters. The molecule has 0 aliphatic heterocycles. The molecule has 1 N–H and O–H groups in total. The van der Waals surface area contributed by atoms with Crippen LogP contribution in [0.25, 0.3) is 0 Å². The second kappa shape index (κ2) is 6.88. The fourth-order valence-electron chi connectivity index (χ4n) is 0.937. The van der Waals surface area contributed by atoms with Crippen LogP contribution in [0.4, 0.5) is 4.79 Å². The summed E-state index contributed by atoms with van der Waals surface area (Å²) in [5.74, 6) is 0. The van der Waals surface area contributed by atoms with Gasteiger partial charge in [0.05, 0.1) is 0 Å². The van der Waals surface area contributed by atoms with Crippen LogP contribution in [0, 0.1) is 0 Å². The number of hydrogen-bond donors (Lipinski definition) is 1. The minimum absolute atomic E-state index is 0.404. The number of rotatable bonds is 4. The summed E-state index contributed by atoms with van der Waals surface area (Å²) in [6.07, 6.45) is 6.93. The van der Waals surface area contributed by atoms with Crippen molar-refractivity contribution >= 4 is 6.09 Å². The van der Waals surface area contributed by atoms with Crippen molar-refractivity contribution in [3.63, 3.8) is 0 Å². The highest BCUT2D eigenvalue weighted by atomic mass is 16.6. The fourth-order valence-corrected chi connectivity index (χ4v) is 0.937. The second-order valence-corrected chi connectivity index (χ2v) is 4.31. The van der Waals surface area contributed by atoms with Gasteiger partial charge in [0.25, 0.3) is 0 Å². The first-order chi connectivity index (χ1) is 7.39. The van der Waals surface area contributed by atoms with Gasteiger partial charge in [-0.05, 0) is 33.3 Å². The molecule has 3 heteroatoms. The quantitative estimate of drug-likeness (QED) is 0.743. The predicted octanol–water partition coefficient (Wildman–Crippen LogP) is 3.20. The molecule has 1 amide bonds. The van der Waals surface area contributed by atoms with Gasteiger partial charge in [0.2, 0.25) is 0 Å². The van der Waals surface area contributed by atoms with Gasteiger partial charge >= 0.3 is 6.09 Å². The summed E-state index contributed by atoms with van der Waals surface area (Å²) in [5.41, 5.74) is 0.544. The Kier molecular flexibility index (Phi) is 6.23. The van der Waals surface area contributed by atoms with Crippen molar-refractivity contribution in [1.29, 1.82) is 0 Å². The van der Waals surface area contributed by atoms with Crippen molar-refractivity contribution in [3.8, 4) is 0 Å². The Morgan fingerprint density at radius 2 is 2.06 bits per heavy atom. The van der Waals surface area contributed by atoms with E-state index in [1.807, 2.05) is 45.9 Å². The van der Waals surface area contributed by atoms with Gasteiger partial charge in [0.15, 0.2) is 0 Å². The lowest BCUT2D eigenvalue weighted by Gasteiger charge is -2.19. The lowest BCUT2D eigenvalue weighted by molar-refractivity contribution is 0.0533. The second-order valence-electron chi connectivity index (χ2n) is 4.31. The monoisotopic (exact) mass is 223 g/mol. The Bertz CT molecular complexity index is 296. The molecule has 0 bridgehead atoms. The molecule has 16 heavy (non-hydrogen) atoms. The number of alkyl carbamates (subject to hydrolysis) is 1. The van der Waals surface area contributed by atoms with Crippen LogP contribution in [0.1, 0.15) is 27.7 Å². The molecule has 0 aliphatic carbocycles. The van der Waals surface area contributed by atoms with Gasteiger partial charge in [0, 0.05) is 6.54 Å². The topological polar surface area (TPSA) is 38.3 Å². The van der Waals surface area contributed by atoms with Gasteiger partial charge in [-0.15, -0.1) is 0 Å². The maximum atomic E-state index is 11.3. The first-order valence-corrected chi connectivity index (χ1v) is 5.30. The summed E-state index contributed by atoms with van der Waals surface area (Å²) >= 11 is 0. The zero-order valence-electron chi connectivity index (χ0n) is 10.5. The molecule has 0 aliphatic rings. The smallest absolute Gasteiger partial charge is 0.407 e. The molecule has 0 radical (unpaired) electrons. The number of carbonyl (C=O) groups excluding carboxylic acids is 1. The van der Waals surface area contributed by atoms with E-state index in [1.165, 1.54) is 0 Å². The van der Waals surface area contributed by atoms with Crippen LogP contribution >= 0.6 is 0 Å². The van der Waals surface area contributed by atoms with Crippen LogP contribution in [-0.4, -0.2) is 18.2 Å². The zero-order chi connectivity index (χ0) is 12.6. The Labute approximate surface area is 97.9 Å². The van der Waals surface area contributed by atoms with Crippen LogP contribution in [0.15, 0.2) is 36.5 Å². The fraction of sp³-hybridized carbons (Fsp3) is 0.462. The highest BCUT2D eigenvalue weighted by molar-refractivity contribution is 5.68. The Hall–Kier alpha value is -1.51. The van der Waals surface area contributed by atoms with E-state index < -0.39 is 11.7 Å². The van der Waals surface area contributed by atoms with Crippen LogP contribution in [0.2, 0.25) is 0 Å². The maximum Gasteiger partial charge on any atom is 0.407 e. The number of nitrogens with one attached hydrogen (secondary N) is 1. The molecule has 0 spiro atoms. The molecule has 0 aromatic carbocycles. The van der Waals surface area contributed by atoms with E-state index in [0.717, 1.165) is 5.57 Å². The zero-order valence-corrected chi connectivity index (χ0v) is 10.5. The first kappa shape index (κ1) is 14.5. The molecule has 0 unspecified atom stereocenters. The van der Waals surface area contributed by atoms with E-state index in [4.69, 9.17) is 4.74 Å². The van der Waals surface area contributed by atoms with Crippen molar-refractivity contribution < 1.29 is 9.53 Å². The van der Waals surface area contributed by atoms with Gasteiger partial charge in [-0.25, -0.2) is 4.79 Å². The minimum atomic E-state index is -0.461. The predicted molar refractivity (Wildman–Crippen MR) is 67.3 cm³/mol. The average molecular weight is 223 g/mol. The van der Waals surface area contributed by atoms with E-state index >= 15 is 0 Å². The standard InChI is InChI=1S/C13H21NO2/c1-6-8-9-11(7-2)10-14-12(15)16-13(3,4)5/h6-9H,1,10H2,2-5H3,(H,14,15)/b9-8-,11-7+. The molecule has 0 saturated carbocycles. The van der Waals surface area contributed by atoms with Crippen molar-refractivity contribution in [2.24, 2.45) is 0 Å². The van der Waals surface area contributed by atoms with Crippen LogP contribution < -0.4 is 5.32 Å². The summed E-state index contributed by atoms with van der Waals surface area (Å²) in [5, 5.41) is 2.68. The third-order valence-corrected chi connectivity index (χ3v) is 1.65. The number of hydrogen-bond acceptors (Lipinski definition) is 2. The lowest BCUT2D eigenvalue weighted by Crippen LogP contribution is -2.33. The summed E-state index contributed by atoms with van der Waals surface area (Å²) in [7, 11) is 0. The maximum absolute atomic E-state index is 11.3. The van der Waals surface area contributed by atoms with Gasteiger partial charge < -0.3 is 10.1 Å². The Balaban J connectivity index is 4.09. The molecular weight excluding hydrogens is 202 g/mol. The first-order valence-electron chi connectivity index (χ1n) is 5.30.